The molecule has 23 heavy (non-hydrogen) atoms. The van der Waals surface area contributed by atoms with E-state index in [0.717, 1.165) is 51.9 Å². The van der Waals surface area contributed by atoms with Gasteiger partial charge in [-0.15, -0.1) is 0 Å². The average Bonchev–Trinajstić information content (AvgIpc) is 3.41. The highest BCUT2D eigenvalue weighted by Crippen LogP contribution is 2.32. The van der Waals surface area contributed by atoms with Crippen molar-refractivity contribution in [3.05, 3.63) is 0 Å². The molecule has 3 rings (SSSR count). The topological polar surface area (TPSA) is 52.7 Å². The zero-order chi connectivity index (χ0) is 16.2. The molecule has 1 N–H and O–H groups in total. The molecular formula is C18H31N3O2. The molecule has 5 nitrogen and oxygen atoms in total. The molecule has 2 heterocycles. The fraction of sp³-hybridized carbons (Fsp3) is 0.889. The van der Waals surface area contributed by atoms with Gasteiger partial charge in [0, 0.05) is 44.1 Å². The van der Waals surface area contributed by atoms with Crippen molar-refractivity contribution >= 4 is 11.8 Å². The zero-order valence-electron chi connectivity index (χ0n) is 14.4. The van der Waals surface area contributed by atoms with Gasteiger partial charge in [0.25, 0.3) is 0 Å². The summed E-state index contributed by atoms with van der Waals surface area (Å²) in [6, 6.07) is 0.650. The van der Waals surface area contributed by atoms with Crippen LogP contribution in [0.15, 0.2) is 0 Å². The maximum atomic E-state index is 12.3. The fourth-order valence-corrected chi connectivity index (χ4v) is 3.91. The van der Waals surface area contributed by atoms with E-state index in [1.54, 1.807) is 0 Å². The van der Waals surface area contributed by atoms with E-state index < -0.39 is 0 Å². The van der Waals surface area contributed by atoms with E-state index in [-0.39, 0.29) is 11.8 Å². The molecule has 130 valence electrons. The van der Waals surface area contributed by atoms with Crippen LogP contribution in [-0.2, 0) is 9.59 Å². The summed E-state index contributed by atoms with van der Waals surface area (Å²) in [7, 11) is 0. The predicted molar refractivity (Wildman–Crippen MR) is 89.9 cm³/mol. The highest BCUT2D eigenvalue weighted by atomic mass is 16.2. The van der Waals surface area contributed by atoms with Crippen molar-refractivity contribution in [2.45, 2.75) is 57.9 Å². The Balaban J connectivity index is 1.33. The molecule has 0 bridgehead atoms. The normalized spacial score (nSPS) is 27.0. The van der Waals surface area contributed by atoms with Crippen molar-refractivity contribution < 1.29 is 9.59 Å². The Morgan fingerprint density at radius 2 is 1.70 bits per heavy atom. The molecule has 1 aliphatic carbocycles. The first-order chi connectivity index (χ1) is 11.1. The minimum absolute atomic E-state index is 0.0945. The Labute approximate surface area is 139 Å². The summed E-state index contributed by atoms with van der Waals surface area (Å²) < 4.78 is 0. The van der Waals surface area contributed by atoms with Crippen LogP contribution in [0.5, 0.6) is 0 Å². The Morgan fingerprint density at radius 3 is 2.35 bits per heavy atom. The average molecular weight is 321 g/mol. The van der Waals surface area contributed by atoms with Crippen molar-refractivity contribution in [1.82, 2.24) is 15.1 Å². The van der Waals surface area contributed by atoms with Crippen LogP contribution in [0, 0.1) is 11.8 Å². The van der Waals surface area contributed by atoms with Gasteiger partial charge in [-0.3, -0.25) is 14.5 Å². The number of nitrogens with zero attached hydrogens (tertiary/aromatic N) is 2. The quantitative estimate of drug-likeness (QED) is 0.837. The summed E-state index contributed by atoms with van der Waals surface area (Å²) in [5.74, 6) is 0.903. The van der Waals surface area contributed by atoms with Gasteiger partial charge in [0.05, 0.1) is 0 Å². The van der Waals surface area contributed by atoms with Crippen molar-refractivity contribution in [2.24, 2.45) is 11.8 Å². The van der Waals surface area contributed by atoms with Crippen LogP contribution >= 0.6 is 0 Å². The molecule has 2 aliphatic heterocycles. The van der Waals surface area contributed by atoms with E-state index in [4.69, 9.17) is 0 Å². The molecular weight excluding hydrogens is 290 g/mol. The molecule has 3 aliphatic rings. The number of carbonyl (C=O) groups is 2. The van der Waals surface area contributed by atoms with Gasteiger partial charge < -0.3 is 10.2 Å². The third kappa shape index (κ3) is 4.46. The molecule has 1 saturated carbocycles. The fourth-order valence-electron chi connectivity index (χ4n) is 3.91. The van der Waals surface area contributed by atoms with Crippen molar-refractivity contribution in [1.29, 1.82) is 0 Å². The summed E-state index contributed by atoms with van der Waals surface area (Å²) in [5.41, 5.74) is 0. The summed E-state index contributed by atoms with van der Waals surface area (Å²) in [4.78, 5) is 28.8. The number of nitrogens with one attached hydrogen (secondary N) is 1. The molecule has 0 aromatic rings. The largest absolute Gasteiger partial charge is 0.355 e. The van der Waals surface area contributed by atoms with Crippen molar-refractivity contribution in [3.8, 4) is 0 Å². The molecule has 3 fully saturated rings. The monoisotopic (exact) mass is 321 g/mol. The third-order valence-corrected chi connectivity index (χ3v) is 5.74. The first kappa shape index (κ1) is 16.7. The minimum atomic E-state index is 0.0945. The van der Waals surface area contributed by atoms with Crippen LogP contribution in [0.4, 0.5) is 0 Å². The molecule has 0 spiro atoms. The maximum Gasteiger partial charge on any atom is 0.225 e. The van der Waals surface area contributed by atoms with E-state index >= 15 is 0 Å². The van der Waals surface area contributed by atoms with Crippen molar-refractivity contribution in [3.63, 3.8) is 0 Å². The lowest BCUT2D eigenvalue weighted by atomic mass is 9.95. The van der Waals surface area contributed by atoms with Gasteiger partial charge in [0.15, 0.2) is 0 Å². The lowest BCUT2D eigenvalue weighted by molar-refractivity contribution is -0.136. The standard InChI is InChI=1S/C18H31N3O2/c1-14-4-2-3-10-20(14)13-9-19-17(22)15-7-11-21(12-8-15)18(23)16-5-6-16/h14-16H,2-13H2,1H3,(H,19,22)/t14-/m1/s1. The van der Waals surface area contributed by atoms with Gasteiger partial charge in [-0.2, -0.15) is 0 Å². The summed E-state index contributed by atoms with van der Waals surface area (Å²) >= 11 is 0. The van der Waals surface area contributed by atoms with Gasteiger partial charge in [-0.25, -0.2) is 0 Å². The number of rotatable bonds is 5. The number of hydrogen-bond acceptors (Lipinski definition) is 3. The van der Waals surface area contributed by atoms with Crippen LogP contribution < -0.4 is 5.32 Å². The highest BCUT2D eigenvalue weighted by molar-refractivity contribution is 5.82. The Morgan fingerprint density at radius 1 is 0.957 bits per heavy atom. The second-order valence-corrected chi connectivity index (χ2v) is 7.55. The van der Waals surface area contributed by atoms with Gasteiger partial charge in [-0.1, -0.05) is 6.42 Å². The lowest BCUT2D eigenvalue weighted by Gasteiger charge is -2.34. The van der Waals surface area contributed by atoms with Crippen LogP contribution in [0.25, 0.3) is 0 Å². The minimum Gasteiger partial charge on any atom is -0.355 e. The third-order valence-electron chi connectivity index (χ3n) is 5.74. The second-order valence-electron chi connectivity index (χ2n) is 7.55. The number of carbonyl (C=O) groups excluding carboxylic acids is 2. The molecule has 0 aromatic carbocycles. The van der Waals surface area contributed by atoms with E-state index in [2.05, 4.69) is 17.1 Å². The lowest BCUT2D eigenvalue weighted by Crippen LogP contribution is -2.46. The number of piperidine rings is 2. The summed E-state index contributed by atoms with van der Waals surface area (Å²) in [5, 5.41) is 3.12. The van der Waals surface area contributed by atoms with E-state index in [1.807, 2.05) is 4.90 Å². The summed E-state index contributed by atoms with van der Waals surface area (Å²) in [6.45, 7) is 6.69. The van der Waals surface area contributed by atoms with Crippen molar-refractivity contribution in [2.75, 3.05) is 32.7 Å². The van der Waals surface area contributed by atoms with Crippen LogP contribution in [-0.4, -0.2) is 60.4 Å². The maximum absolute atomic E-state index is 12.3. The van der Waals surface area contributed by atoms with Crippen LogP contribution in [0.1, 0.15) is 51.9 Å². The number of amides is 2. The Hall–Kier alpha value is -1.10. The van der Waals surface area contributed by atoms with Crippen LogP contribution in [0.2, 0.25) is 0 Å². The first-order valence-corrected chi connectivity index (χ1v) is 9.45. The molecule has 5 heteroatoms. The van der Waals surface area contributed by atoms with Crippen LogP contribution in [0.3, 0.4) is 0 Å². The number of hydrogen-bond donors (Lipinski definition) is 1. The highest BCUT2D eigenvalue weighted by Gasteiger charge is 2.35. The first-order valence-electron chi connectivity index (χ1n) is 9.45. The molecule has 2 amide bonds. The number of likely N-dealkylation sites (tertiary alicyclic amines) is 2. The SMILES string of the molecule is C[C@@H]1CCCCN1CCNC(=O)C1CCN(C(=O)C2CC2)CC1. The predicted octanol–water partition coefficient (Wildman–Crippen LogP) is 1.63. The van der Waals surface area contributed by atoms with Gasteiger partial charge in [0.1, 0.15) is 0 Å². The summed E-state index contributed by atoms with van der Waals surface area (Å²) in [6.07, 6.45) is 7.67. The second kappa shape index (κ2) is 7.65. The van der Waals surface area contributed by atoms with Gasteiger partial charge in [-0.05, 0) is 52.0 Å². The molecule has 2 saturated heterocycles. The van der Waals surface area contributed by atoms with Gasteiger partial charge in [0.2, 0.25) is 11.8 Å². The molecule has 0 aromatic heterocycles. The van der Waals surface area contributed by atoms with E-state index in [1.165, 1.54) is 25.8 Å². The molecule has 1 atom stereocenters. The van der Waals surface area contributed by atoms with E-state index in [9.17, 15) is 9.59 Å². The Bertz CT molecular complexity index is 428. The Kier molecular flexibility index (Phi) is 5.57. The van der Waals surface area contributed by atoms with Gasteiger partial charge >= 0.3 is 0 Å². The van der Waals surface area contributed by atoms with E-state index in [0.29, 0.717) is 17.9 Å². The molecule has 0 unspecified atom stereocenters. The zero-order valence-corrected chi connectivity index (χ0v) is 14.4. The smallest absolute Gasteiger partial charge is 0.225 e. The molecule has 0 radical (unpaired) electrons.